The third-order valence-electron chi connectivity index (χ3n) is 5.48. The molecule has 2 aromatic rings. The average Bonchev–Trinajstić information content (AvgIpc) is 3.27. The van der Waals surface area contributed by atoms with Crippen LogP contribution in [0.15, 0.2) is 29.3 Å². The SMILES string of the molecule is COCCn1nc2n(c1=O)CC1(CCN(C(=O)CCc3cccnc3)C1)OC2. The number of methoxy groups -OCH3 is 1. The van der Waals surface area contributed by atoms with Crippen LogP contribution in [0.4, 0.5) is 0 Å². The van der Waals surface area contributed by atoms with Gasteiger partial charge < -0.3 is 14.4 Å². The minimum atomic E-state index is -0.504. The van der Waals surface area contributed by atoms with E-state index in [2.05, 4.69) is 10.1 Å². The Kier molecular flexibility index (Phi) is 5.27. The van der Waals surface area contributed by atoms with Crippen LogP contribution in [0.1, 0.15) is 24.2 Å². The number of nitrogens with zero attached hydrogens (tertiary/aromatic N) is 5. The summed E-state index contributed by atoms with van der Waals surface area (Å²) in [6.07, 6.45) is 5.36. The Labute approximate surface area is 162 Å². The van der Waals surface area contributed by atoms with Crippen LogP contribution in [-0.2, 0) is 40.4 Å². The van der Waals surface area contributed by atoms with Crippen LogP contribution in [0.25, 0.3) is 0 Å². The number of rotatable bonds is 6. The van der Waals surface area contributed by atoms with Crippen molar-refractivity contribution in [1.82, 2.24) is 24.2 Å². The summed E-state index contributed by atoms with van der Waals surface area (Å²) in [7, 11) is 1.59. The highest BCUT2D eigenvalue weighted by molar-refractivity contribution is 5.76. The van der Waals surface area contributed by atoms with E-state index in [4.69, 9.17) is 9.47 Å². The van der Waals surface area contributed by atoms with Gasteiger partial charge in [-0.3, -0.25) is 14.3 Å². The summed E-state index contributed by atoms with van der Waals surface area (Å²) in [5.41, 5.74) is 0.407. The van der Waals surface area contributed by atoms with Gasteiger partial charge in [-0.25, -0.2) is 9.48 Å². The van der Waals surface area contributed by atoms with Gasteiger partial charge in [0.1, 0.15) is 12.2 Å². The summed E-state index contributed by atoms with van der Waals surface area (Å²) in [5.74, 6) is 0.742. The van der Waals surface area contributed by atoms with Crippen molar-refractivity contribution >= 4 is 5.91 Å². The van der Waals surface area contributed by atoms with Crippen LogP contribution < -0.4 is 5.69 Å². The van der Waals surface area contributed by atoms with Crippen molar-refractivity contribution in [2.75, 3.05) is 26.8 Å². The molecule has 0 saturated carbocycles. The van der Waals surface area contributed by atoms with Crippen molar-refractivity contribution in [2.24, 2.45) is 0 Å². The summed E-state index contributed by atoms with van der Waals surface area (Å²) < 4.78 is 14.2. The molecule has 4 heterocycles. The van der Waals surface area contributed by atoms with Crippen LogP contribution in [0.5, 0.6) is 0 Å². The van der Waals surface area contributed by atoms with Gasteiger partial charge in [-0.05, 0) is 24.5 Å². The van der Waals surface area contributed by atoms with Crippen LogP contribution in [0, 0.1) is 0 Å². The highest BCUT2D eigenvalue weighted by atomic mass is 16.5. The first-order valence-electron chi connectivity index (χ1n) is 9.56. The topological polar surface area (TPSA) is 91.5 Å². The lowest BCUT2D eigenvalue weighted by Gasteiger charge is -2.33. The Morgan fingerprint density at radius 1 is 1.39 bits per heavy atom. The molecule has 1 unspecified atom stereocenters. The summed E-state index contributed by atoms with van der Waals surface area (Å²) >= 11 is 0. The minimum absolute atomic E-state index is 0.110. The van der Waals surface area contributed by atoms with E-state index < -0.39 is 5.60 Å². The van der Waals surface area contributed by atoms with Crippen LogP contribution in [0.3, 0.4) is 0 Å². The molecule has 1 spiro atoms. The molecule has 1 atom stereocenters. The summed E-state index contributed by atoms with van der Waals surface area (Å²) in [6, 6.07) is 3.85. The fourth-order valence-electron chi connectivity index (χ4n) is 3.89. The number of likely N-dealkylation sites (tertiary alicyclic amines) is 1. The van der Waals surface area contributed by atoms with Gasteiger partial charge in [-0.2, -0.15) is 5.10 Å². The maximum atomic E-state index is 12.6. The lowest BCUT2D eigenvalue weighted by Crippen LogP contribution is -2.47. The molecule has 9 heteroatoms. The van der Waals surface area contributed by atoms with E-state index in [0.29, 0.717) is 51.5 Å². The zero-order chi connectivity index (χ0) is 19.6. The Hall–Kier alpha value is -2.52. The predicted octanol–water partition coefficient (Wildman–Crippen LogP) is 0.220. The number of aromatic nitrogens is 4. The minimum Gasteiger partial charge on any atom is -0.383 e. The van der Waals surface area contributed by atoms with E-state index in [0.717, 1.165) is 12.0 Å². The van der Waals surface area contributed by atoms with E-state index in [9.17, 15) is 9.59 Å². The standard InChI is InChI=1S/C19H25N5O4/c1-27-10-9-24-18(26)23-14-19(28-12-16(23)21-24)6-8-22(13-19)17(25)5-4-15-3-2-7-20-11-15/h2-3,7,11H,4-6,8-10,12-14H2,1H3. The first kappa shape index (κ1) is 18.8. The predicted molar refractivity (Wildman–Crippen MR) is 99.6 cm³/mol. The number of hydrogen-bond donors (Lipinski definition) is 0. The summed E-state index contributed by atoms with van der Waals surface area (Å²) in [4.78, 5) is 31.2. The van der Waals surface area contributed by atoms with Gasteiger partial charge in [0.25, 0.3) is 0 Å². The molecular weight excluding hydrogens is 362 g/mol. The molecule has 1 saturated heterocycles. The van der Waals surface area contributed by atoms with Crippen LogP contribution in [-0.4, -0.2) is 62.5 Å². The van der Waals surface area contributed by atoms with Gasteiger partial charge in [0.05, 0.1) is 26.2 Å². The number of amides is 1. The largest absolute Gasteiger partial charge is 0.383 e. The molecule has 1 fully saturated rings. The van der Waals surface area contributed by atoms with E-state index in [1.165, 1.54) is 4.68 Å². The first-order valence-corrected chi connectivity index (χ1v) is 9.56. The Morgan fingerprint density at radius 2 is 2.29 bits per heavy atom. The second kappa shape index (κ2) is 7.84. The fourth-order valence-corrected chi connectivity index (χ4v) is 3.89. The molecule has 0 radical (unpaired) electrons. The number of carbonyl (C=O) groups excluding carboxylic acids is 1. The molecule has 28 heavy (non-hydrogen) atoms. The van der Waals surface area contributed by atoms with Gasteiger partial charge in [-0.1, -0.05) is 6.07 Å². The maximum Gasteiger partial charge on any atom is 0.346 e. The quantitative estimate of drug-likeness (QED) is 0.704. The van der Waals surface area contributed by atoms with E-state index in [1.807, 2.05) is 17.0 Å². The lowest BCUT2D eigenvalue weighted by atomic mass is 10.0. The van der Waals surface area contributed by atoms with Gasteiger partial charge in [-0.15, -0.1) is 0 Å². The van der Waals surface area contributed by atoms with E-state index in [-0.39, 0.29) is 18.2 Å². The molecule has 150 valence electrons. The second-order valence-electron chi connectivity index (χ2n) is 7.40. The van der Waals surface area contributed by atoms with Gasteiger partial charge >= 0.3 is 5.69 Å². The average molecular weight is 387 g/mol. The third kappa shape index (κ3) is 3.72. The Balaban J connectivity index is 1.39. The van der Waals surface area contributed by atoms with Gasteiger partial charge in [0.2, 0.25) is 5.91 Å². The molecule has 9 nitrogen and oxygen atoms in total. The number of hydrogen-bond acceptors (Lipinski definition) is 6. The van der Waals surface area contributed by atoms with Crippen molar-refractivity contribution in [3.05, 3.63) is 46.4 Å². The molecule has 0 bridgehead atoms. The number of ether oxygens (including phenoxy) is 2. The van der Waals surface area contributed by atoms with E-state index >= 15 is 0 Å². The Bertz CT molecular complexity index is 893. The third-order valence-corrected chi connectivity index (χ3v) is 5.48. The van der Waals surface area contributed by atoms with Crippen molar-refractivity contribution in [3.8, 4) is 0 Å². The van der Waals surface area contributed by atoms with Crippen molar-refractivity contribution < 1.29 is 14.3 Å². The normalized spacial score (nSPS) is 21.2. The van der Waals surface area contributed by atoms with Crippen molar-refractivity contribution in [1.29, 1.82) is 0 Å². The zero-order valence-corrected chi connectivity index (χ0v) is 16.0. The molecule has 2 aliphatic heterocycles. The maximum absolute atomic E-state index is 12.6. The van der Waals surface area contributed by atoms with Crippen molar-refractivity contribution in [2.45, 2.75) is 44.6 Å². The molecule has 4 rings (SSSR count). The Morgan fingerprint density at radius 3 is 3.07 bits per heavy atom. The van der Waals surface area contributed by atoms with E-state index in [1.54, 1.807) is 24.1 Å². The molecule has 0 aromatic carbocycles. The first-order chi connectivity index (χ1) is 13.6. The summed E-state index contributed by atoms with van der Waals surface area (Å²) in [6.45, 7) is 2.72. The molecule has 2 aliphatic rings. The number of carbonyl (C=O) groups is 1. The molecular formula is C19H25N5O4. The molecule has 0 aliphatic carbocycles. The van der Waals surface area contributed by atoms with Gasteiger partial charge in [0, 0.05) is 32.5 Å². The number of fused-ring (bicyclic) bond motifs is 1. The summed E-state index contributed by atoms with van der Waals surface area (Å²) in [5, 5.41) is 4.34. The van der Waals surface area contributed by atoms with Crippen molar-refractivity contribution in [3.63, 3.8) is 0 Å². The highest BCUT2D eigenvalue weighted by Gasteiger charge is 2.44. The highest BCUT2D eigenvalue weighted by Crippen LogP contribution is 2.31. The molecule has 2 aromatic heterocycles. The fraction of sp³-hybridized carbons (Fsp3) is 0.579. The monoisotopic (exact) mass is 387 g/mol. The second-order valence-corrected chi connectivity index (χ2v) is 7.40. The number of aryl methyl sites for hydroxylation is 1. The van der Waals surface area contributed by atoms with Crippen LogP contribution in [0.2, 0.25) is 0 Å². The molecule has 1 amide bonds. The molecule has 0 N–H and O–H groups in total. The number of pyridine rings is 1. The lowest BCUT2D eigenvalue weighted by molar-refractivity contribution is -0.133. The zero-order valence-electron chi connectivity index (χ0n) is 16.0. The smallest absolute Gasteiger partial charge is 0.346 e. The van der Waals surface area contributed by atoms with Crippen LogP contribution >= 0.6 is 0 Å². The van der Waals surface area contributed by atoms with Gasteiger partial charge in [0.15, 0.2) is 5.82 Å².